The van der Waals surface area contributed by atoms with Gasteiger partial charge in [0.15, 0.2) is 0 Å². The minimum absolute atomic E-state index is 0.0183. The summed E-state index contributed by atoms with van der Waals surface area (Å²) in [6.07, 6.45) is -2.18. The van der Waals surface area contributed by atoms with Gasteiger partial charge in [-0.25, -0.2) is 0 Å². The highest BCUT2D eigenvalue weighted by atomic mass is 19.4. The molecule has 4 atom stereocenters. The van der Waals surface area contributed by atoms with Gasteiger partial charge in [0.1, 0.15) is 0 Å². The largest absolute Gasteiger partial charge is 0.785 e. The highest BCUT2D eigenvalue weighted by Crippen LogP contribution is 2.48. The summed E-state index contributed by atoms with van der Waals surface area (Å²) in [5.74, 6) is 0.166. The summed E-state index contributed by atoms with van der Waals surface area (Å²) in [4.78, 5) is 0. The molecule has 1 aliphatic heterocycles. The van der Waals surface area contributed by atoms with Gasteiger partial charge < -0.3 is 15.0 Å². The van der Waals surface area contributed by atoms with E-state index < -0.39 is 23.3 Å². The van der Waals surface area contributed by atoms with E-state index in [-0.39, 0.29) is 17.9 Å². The second-order valence-electron chi connectivity index (χ2n) is 6.55. The van der Waals surface area contributed by atoms with E-state index in [4.69, 9.17) is 10.00 Å². The summed E-state index contributed by atoms with van der Waals surface area (Å²) < 4.78 is 44.9. The van der Waals surface area contributed by atoms with Gasteiger partial charge >= 0.3 is 6.18 Å². The van der Waals surface area contributed by atoms with E-state index in [1.165, 1.54) is 6.07 Å². The molecule has 0 amide bonds. The van der Waals surface area contributed by atoms with Crippen LogP contribution in [0.2, 0.25) is 0 Å². The minimum Gasteiger partial charge on any atom is -0.785 e. The molecule has 4 nitrogen and oxygen atoms in total. The van der Waals surface area contributed by atoms with Gasteiger partial charge in [-0.2, -0.15) is 18.4 Å². The summed E-state index contributed by atoms with van der Waals surface area (Å²) in [5, 5.41) is 22.2. The second-order valence-corrected chi connectivity index (χ2v) is 6.55. The van der Waals surface area contributed by atoms with Crippen LogP contribution in [0.4, 0.5) is 13.2 Å². The molecule has 2 aliphatic rings. The van der Waals surface area contributed by atoms with Crippen LogP contribution in [-0.4, -0.2) is 24.8 Å². The predicted octanol–water partition coefficient (Wildman–Crippen LogP) is 3.86. The minimum atomic E-state index is -4.62. The van der Waals surface area contributed by atoms with Crippen molar-refractivity contribution >= 4 is 0 Å². The Bertz CT molecular complexity index is 656. The van der Waals surface area contributed by atoms with Crippen LogP contribution in [0.15, 0.2) is 18.2 Å². The molecule has 1 aromatic carbocycles. The maximum atomic E-state index is 13.2. The smallest absolute Gasteiger partial charge is 0.417 e. The molecule has 1 aliphatic carbocycles. The lowest BCUT2D eigenvalue weighted by molar-refractivity contribution is -0.137. The number of hydrogen-bond donors (Lipinski definition) is 0. The van der Waals surface area contributed by atoms with Crippen molar-refractivity contribution in [3.63, 3.8) is 0 Å². The molecular weight excluding hydrogens is 321 g/mol. The maximum Gasteiger partial charge on any atom is 0.417 e. The average Bonchev–Trinajstić information content (AvgIpc) is 2.88. The summed E-state index contributed by atoms with van der Waals surface area (Å²) in [7, 11) is 1.62. The van der Waals surface area contributed by atoms with Crippen LogP contribution < -0.4 is 0 Å². The number of hydroxylamine groups is 2. The molecule has 1 saturated heterocycles. The van der Waals surface area contributed by atoms with E-state index in [9.17, 15) is 18.4 Å². The van der Waals surface area contributed by atoms with Crippen molar-refractivity contribution in [2.24, 2.45) is 11.8 Å². The fourth-order valence-corrected chi connectivity index (χ4v) is 4.10. The predicted molar refractivity (Wildman–Crippen MR) is 80.6 cm³/mol. The normalized spacial score (nSPS) is 30.8. The molecule has 24 heavy (non-hydrogen) atoms. The molecule has 3 rings (SSSR count). The van der Waals surface area contributed by atoms with Crippen molar-refractivity contribution in [1.29, 1.82) is 5.26 Å². The Hall–Kier alpha value is -1.62. The highest BCUT2D eigenvalue weighted by Gasteiger charge is 2.43. The third kappa shape index (κ3) is 3.02. The number of benzene rings is 1. The Balaban J connectivity index is 1.97. The van der Waals surface area contributed by atoms with Gasteiger partial charge in [0, 0.05) is 13.2 Å². The third-order valence-electron chi connectivity index (χ3n) is 5.27. The number of methoxy groups -OCH3 is 1. The Morgan fingerprint density at radius 2 is 2.08 bits per heavy atom. The van der Waals surface area contributed by atoms with Gasteiger partial charge in [-0.05, 0) is 55.3 Å². The molecule has 2 fully saturated rings. The summed E-state index contributed by atoms with van der Waals surface area (Å²) >= 11 is 0. The lowest BCUT2D eigenvalue weighted by Gasteiger charge is -2.36. The van der Waals surface area contributed by atoms with Crippen molar-refractivity contribution in [3.05, 3.63) is 40.1 Å². The van der Waals surface area contributed by atoms with Gasteiger partial charge in [0.2, 0.25) is 0 Å². The number of ether oxygens (including phenoxy) is 1. The second kappa shape index (κ2) is 6.36. The monoisotopic (exact) mass is 339 g/mol. The van der Waals surface area contributed by atoms with E-state index in [1.807, 2.05) is 0 Å². The van der Waals surface area contributed by atoms with Crippen LogP contribution in [0.5, 0.6) is 0 Å². The van der Waals surface area contributed by atoms with Crippen LogP contribution in [0, 0.1) is 28.4 Å². The zero-order valence-corrected chi connectivity index (χ0v) is 13.2. The van der Waals surface area contributed by atoms with Crippen molar-refractivity contribution < 1.29 is 17.9 Å². The fraction of sp³-hybridized carbons (Fsp3) is 0.588. The molecule has 4 unspecified atom stereocenters. The molecular formula is C17H18F3N2O2-. The maximum absolute atomic E-state index is 13.2. The molecule has 1 saturated carbocycles. The number of hydrogen-bond acceptors (Lipinski definition) is 4. The summed E-state index contributed by atoms with van der Waals surface area (Å²) in [6.45, 7) is 0.340. The number of nitriles is 1. The van der Waals surface area contributed by atoms with Crippen molar-refractivity contribution in [2.75, 3.05) is 13.7 Å². The molecule has 1 aromatic rings. The van der Waals surface area contributed by atoms with Crippen LogP contribution in [0.25, 0.3) is 0 Å². The Kier molecular flexibility index (Phi) is 4.56. The molecule has 1 heterocycles. The summed E-state index contributed by atoms with van der Waals surface area (Å²) in [5.41, 5.74) is -1.06. The van der Waals surface area contributed by atoms with Crippen molar-refractivity contribution in [3.8, 4) is 6.07 Å². The third-order valence-corrected chi connectivity index (χ3v) is 5.27. The first-order chi connectivity index (χ1) is 11.3. The number of fused-ring (bicyclic) bond motifs is 1. The summed E-state index contributed by atoms with van der Waals surface area (Å²) in [6, 6.07) is 4.56. The van der Waals surface area contributed by atoms with Gasteiger partial charge in [-0.15, -0.1) is 0 Å². The van der Waals surface area contributed by atoms with E-state index in [0.717, 1.165) is 30.0 Å². The molecule has 0 bridgehead atoms. The fourth-order valence-electron chi connectivity index (χ4n) is 4.10. The lowest BCUT2D eigenvalue weighted by atomic mass is 9.75. The van der Waals surface area contributed by atoms with Crippen LogP contribution in [0.1, 0.15) is 42.0 Å². The van der Waals surface area contributed by atoms with Crippen LogP contribution in [-0.2, 0) is 10.9 Å². The first kappa shape index (κ1) is 17.2. The van der Waals surface area contributed by atoms with Gasteiger partial charge in [0.05, 0.1) is 23.3 Å². The highest BCUT2D eigenvalue weighted by molar-refractivity contribution is 5.43. The first-order valence-electron chi connectivity index (χ1n) is 7.93. The van der Waals surface area contributed by atoms with Gasteiger partial charge in [0.25, 0.3) is 0 Å². The Morgan fingerprint density at radius 1 is 1.33 bits per heavy atom. The molecule has 0 spiro atoms. The lowest BCUT2D eigenvalue weighted by Crippen LogP contribution is -2.29. The molecule has 7 heteroatoms. The first-order valence-corrected chi connectivity index (χ1v) is 7.93. The van der Waals surface area contributed by atoms with E-state index in [1.54, 1.807) is 13.2 Å². The topological polar surface area (TPSA) is 59.3 Å². The van der Waals surface area contributed by atoms with Gasteiger partial charge in [-0.1, -0.05) is 6.07 Å². The molecule has 0 N–H and O–H groups in total. The number of alkyl halides is 3. The zero-order valence-electron chi connectivity index (χ0n) is 13.2. The van der Waals surface area contributed by atoms with E-state index in [2.05, 4.69) is 0 Å². The van der Waals surface area contributed by atoms with Gasteiger partial charge in [-0.3, -0.25) is 0 Å². The quantitative estimate of drug-likeness (QED) is 0.821. The van der Waals surface area contributed by atoms with Crippen molar-refractivity contribution in [2.45, 2.75) is 37.6 Å². The SMILES string of the molecule is COC1CCC2CN([O-])C(c3ccc(C#N)c(C(F)(F)F)c3)C2C1. The molecule has 0 radical (unpaired) electrons. The molecule has 0 aromatic heterocycles. The van der Waals surface area contributed by atoms with Crippen LogP contribution in [0.3, 0.4) is 0 Å². The van der Waals surface area contributed by atoms with E-state index >= 15 is 0 Å². The van der Waals surface area contributed by atoms with Crippen molar-refractivity contribution in [1.82, 2.24) is 5.06 Å². The Morgan fingerprint density at radius 3 is 2.71 bits per heavy atom. The average molecular weight is 339 g/mol. The Labute approximate surface area is 138 Å². The zero-order chi connectivity index (χ0) is 17.5. The standard InChI is InChI=1S/C17H18F3N2O2/c1-24-13-5-4-12-9-22(23)16(14(12)7-13)10-2-3-11(8-21)15(6-10)17(18,19)20/h2-3,6,12-14,16H,4-5,7,9H2,1H3/q-1. The van der Waals surface area contributed by atoms with Crippen LogP contribution >= 0.6 is 0 Å². The molecule has 130 valence electrons. The van der Waals surface area contributed by atoms with E-state index in [0.29, 0.717) is 18.5 Å². The number of rotatable bonds is 2. The number of nitrogens with zero attached hydrogens (tertiary/aromatic N) is 2. The number of halogens is 3.